The van der Waals surface area contributed by atoms with Crippen LogP contribution in [0.15, 0.2) is 0 Å². The number of likely N-dealkylation sites (tertiary alicyclic amines) is 1. The lowest BCUT2D eigenvalue weighted by molar-refractivity contribution is -0.130. The van der Waals surface area contributed by atoms with Gasteiger partial charge in [0.1, 0.15) is 0 Å². The minimum Gasteiger partial charge on any atom is -0.353 e. The molecule has 94 valence electrons. The van der Waals surface area contributed by atoms with E-state index in [1.165, 1.54) is 12.8 Å². The van der Waals surface area contributed by atoms with Crippen molar-refractivity contribution in [3.05, 3.63) is 0 Å². The van der Waals surface area contributed by atoms with Crippen molar-refractivity contribution in [1.29, 1.82) is 0 Å². The van der Waals surface area contributed by atoms with E-state index in [-0.39, 0.29) is 17.7 Å². The van der Waals surface area contributed by atoms with Gasteiger partial charge >= 0.3 is 0 Å². The Morgan fingerprint density at radius 3 is 2.53 bits per heavy atom. The molecule has 3 aliphatic rings. The van der Waals surface area contributed by atoms with Gasteiger partial charge in [0, 0.05) is 25.0 Å². The van der Waals surface area contributed by atoms with Crippen molar-refractivity contribution >= 4 is 11.8 Å². The van der Waals surface area contributed by atoms with Crippen molar-refractivity contribution in [3.63, 3.8) is 0 Å². The van der Waals surface area contributed by atoms with Crippen LogP contribution in [0.4, 0.5) is 0 Å². The normalized spacial score (nSPS) is 30.0. The van der Waals surface area contributed by atoms with Gasteiger partial charge in [-0.2, -0.15) is 0 Å². The molecular weight excluding hydrogens is 216 g/mol. The standard InChI is InChI=1S/C13H20N2O2/c16-12-7-9(13(17)14-10-5-6-10)8-15(12)11-3-1-2-4-11/h9-11H,1-8H2,(H,14,17). The maximum absolute atomic E-state index is 11.9. The highest BCUT2D eigenvalue weighted by Crippen LogP contribution is 2.30. The van der Waals surface area contributed by atoms with E-state index < -0.39 is 0 Å². The highest BCUT2D eigenvalue weighted by Gasteiger charge is 2.39. The van der Waals surface area contributed by atoms with Crippen LogP contribution in [0, 0.1) is 5.92 Å². The molecule has 0 aromatic carbocycles. The summed E-state index contributed by atoms with van der Waals surface area (Å²) < 4.78 is 0. The van der Waals surface area contributed by atoms with E-state index in [9.17, 15) is 9.59 Å². The number of amides is 2. The van der Waals surface area contributed by atoms with E-state index in [2.05, 4.69) is 5.32 Å². The van der Waals surface area contributed by atoms with Gasteiger partial charge in [-0.1, -0.05) is 12.8 Å². The Balaban J connectivity index is 1.57. The average molecular weight is 236 g/mol. The number of nitrogens with zero attached hydrogens (tertiary/aromatic N) is 1. The molecule has 0 radical (unpaired) electrons. The fraction of sp³-hybridized carbons (Fsp3) is 0.846. The van der Waals surface area contributed by atoms with Gasteiger partial charge in [0.25, 0.3) is 0 Å². The van der Waals surface area contributed by atoms with Gasteiger partial charge in [0.05, 0.1) is 5.92 Å². The summed E-state index contributed by atoms with van der Waals surface area (Å²) in [7, 11) is 0. The van der Waals surface area contributed by atoms with Crippen LogP contribution in [-0.2, 0) is 9.59 Å². The van der Waals surface area contributed by atoms with Crippen molar-refractivity contribution in [3.8, 4) is 0 Å². The van der Waals surface area contributed by atoms with Crippen LogP contribution in [0.2, 0.25) is 0 Å². The molecule has 1 N–H and O–H groups in total. The van der Waals surface area contributed by atoms with Crippen LogP contribution < -0.4 is 5.32 Å². The molecule has 3 rings (SSSR count). The molecule has 0 aromatic rings. The van der Waals surface area contributed by atoms with Gasteiger partial charge in [0.15, 0.2) is 0 Å². The van der Waals surface area contributed by atoms with Crippen LogP contribution in [-0.4, -0.2) is 35.3 Å². The van der Waals surface area contributed by atoms with Gasteiger partial charge in [-0.05, 0) is 25.7 Å². The second kappa shape index (κ2) is 4.31. The SMILES string of the molecule is O=C(NC1CC1)C1CC(=O)N(C2CCCC2)C1. The topological polar surface area (TPSA) is 49.4 Å². The summed E-state index contributed by atoms with van der Waals surface area (Å²) in [5, 5.41) is 3.01. The van der Waals surface area contributed by atoms with Crippen molar-refractivity contribution < 1.29 is 9.59 Å². The number of carbonyl (C=O) groups excluding carboxylic acids is 2. The number of carbonyl (C=O) groups is 2. The average Bonchev–Trinajstić information content (AvgIpc) is 2.81. The zero-order chi connectivity index (χ0) is 11.8. The molecule has 2 aliphatic carbocycles. The molecule has 3 fully saturated rings. The summed E-state index contributed by atoms with van der Waals surface area (Å²) >= 11 is 0. The summed E-state index contributed by atoms with van der Waals surface area (Å²) in [6, 6.07) is 0.819. The zero-order valence-corrected chi connectivity index (χ0v) is 10.2. The summed E-state index contributed by atoms with van der Waals surface area (Å²) in [5.74, 6) is 0.192. The van der Waals surface area contributed by atoms with Gasteiger partial charge < -0.3 is 10.2 Å². The van der Waals surface area contributed by atoms with Crippen LogP contribution in [0.1, 0.15) is 44.9 Å². The zero-order valence-electron chi connectivity index (χ0n) is 10.2. The first-order chi connectivity index (χ1) is 8.24. The largest absolute Gasteiger partial charge is 0.353 e. The van der Waals surface area contributed by atoms with E-state index in [1.54, 1.807) is 0 Å². The molecule has 0 aromatic heterocycles. The second-order valence-electron chi connectivity index (χ2n) is 5.67. The molecule has 17 heavy (non-hydrogen) atoms. The Morgan fingerprint density at radius 2 is 1.88 bits per heavy atom. The second-order valence-corrected chi connectivity index (χ2v) is 5.67. The van der Waals surface area contributed by atoms with Crippen molar-refractivity contribution in [2.45, 2.75) is 57.0 Å². The van der Waals surface area contributed by atoms with E-state index in [4.69, 9.17) is 0 Å². The fourth-order valence-electron chi connectivity index (χ4n) is 3.02. The van der Waals surface area contributed by atoms with E-state index in [0.717, 1.165) is 25.7 Å². The molecule has 0 spiro atoms. The Kier molecular flexibility index (Phi) is 2.81. The quantitative estimate of drug-likeness (QED) is 0.796. The third-order valence-corrected chi connectivity index (χ3v) is 4.22. The Bertz CT molecular complexity index is 332. The Labute approximate surface area is 102 Å². The van der Waals surface area contributed by atoms with E-state index in [0.29, 0.717) is 25.0 Å². The molecule has 1 heterocycles. The van der Waals surface area contributed by atoms with Crippen molar-refractivity contribution in [2.75, 3.05) is 6.54 Å². The first-order valence-electron chi connectivity index (χ1n) is 6.84. The number of hydrogen-bond donors (Lipinski definition) is 1. The fourth-order valence-corrected chi connectivity index (χ4v) is 3.02. The van der Waals surface area contributed by atoms with Crippen LogP contribution in [0.3, 0.4) is 0 Å². The van der Waals surface area contributed by atoms with Gasteiger partial charge in [-0.15, -0.1) is 0 Å². The lowest BCUT2D eigenvalue weighted by Crippen LogP contribution is -2.37. The smallest absolute Gasteiger partial charge is 0.225 e. The predicted molar refractivity (Wildman–Crippen MR) is 63.2 cm³/mol. The Hall–Kier alpha value is -1.06. The summed E-state index contributed by atoms with van der Waals surface area (Å²) in [6.07, 6.45) is 7.36. The minimum atomic E-state index is -0.0938. The van der Waals surface area contributed by atoms with E-state index >= 15 is 0 Å². The maximum Gasteiger partial charge on any atom is 0.225 e. The first-order valence-corrected chi connectivity index (χ1v) is 6.84. The molecule has 4 nitrogen and oxygen atoms in total. The number of hydrogen-bond acceptors (Lipinski definition) is 2. The molecule has 2 saturated carbocycles. The highest BCUT2D eigenvalue weighted by atomic mass is 16.2. The van der Waals surface area contributed by atoms with Crippen LogP contribution in [0.5, 0.6) is 0 Å². The van der Waals surface area contributed by atoms with Crippen LogP contribution >= 0.6 is 0 Å². The maximum atomic E-state index is 11.9. The van der Waals surface area contributed by atoms with Crippen LogP contribution in [0.25, 0.3) is 0 Å². The van der Waals surface area contributed by atoms with Crippen molar-refractivity contribution in [2.24, 2.45) is 5.92 Å². The Morgan fingerprint density at radius 1 is 1.18 bits per heavy atom. The predicted octanol–water partition coefficient (Wildman–Crippen LogP) is 1.06. The summed E-state index contributed by atoms with van der Waals surface area (Å²) in [4.78, 5) is 25.8. The van der Waals surface area contributed by atoms with Gasteiger partial charge in [0.2, 0.25) is 11.8 Å². The molecule has 1 aliphatic heterocycles. The molecule has 1 unspecified atom stereocenters. The molecular formula is C13H20N2O2. The van der Waals surface area contributed by atoms with E-state index in [1.807, 2.05) is 4.90 Å². The van der Waals surface area contributed by atoms with Crippen molar-refractivity contribution in [1.82, 2.24) is 10.2 Å². The molecule has 4 heteroatoms. The lowest BCUT2D eigenvalue weighted by atomic mass is 10.1. The number of rotatable bonds is 3. The lowest BCUT2D eigenvalue weighted by Gasteiger charge is -2.23. The molecule has 2 amide bonds. The molecule has 1 atom stereocenters. The summed E-state index contributed by atoms with van der Waals surface area (Å²) in [6.45, 7) is 0.655. The third-order valence-electron chi connectivity index (χ3n) is 4.22. The number of nitrogens with one attached hydrogen (secondary N) is 1. The third kappa shape index (κ3) is 2.31. The van der Waals surface area contributed by atoms with Gasteiger partial charge in [-0.25, -0.2) is 0 Å². The molecule has 0 bridgehead atoms. The monoisotopic (exact) mass is 236 g/mol. The molecule has 1 saturated heterocycles. The minimum absolute atomic E-state index is 0.0938. The van der Waals surface area contributed by atoms with Gasteiger partial charge in [-0.3, -0.25) is 9.59 Å². The summed E-state index contributed by atoms with van der Waals surface area (Å²) in [5.41, 5.74) is 0. The highest BCUT2D eigenvalue weighted by molar-refractivity contribution is 5.89. The first kappa shape index (κ1) is 11.1.